The highest BCUT2D eigenvalue weighted by atomic mass is 35.5. The molecule has 0 bridgehead atoms. The van der Waals surface area contributed by atoms with Crippen LogP contribution in [0.15, 0.2) is 70.9 Å². The van der Waals surface area contributed by atoms with Crippen LogP contribution in [0.4, 0.5) is 0 Å². The van der Waals surface area contributed by atoms with Gasteiger partial charge in [-0.3, -0.25) is 9.59 Å². The zero-order valence-corrected chi connectivity index (χ0v) is 28.8. The minimum Gasteiger partial charge on any atom is -0.490 e. The fourth-order valence-electron chi connectivity index (χ4n) is 5.26. The summed E-state index contributed by atoms with van der Waals surface area (Å²) in [6, 6.07) is 16.1. The third kappa shape index (κ3) is 9.07. The number of dihydropyridines is 1. The van der Waals surface area contributed by atoms with Crippen LogP contribution < -0.4 is 21.1 Å². The van der Waals surface area contributed by atoms with Gasteiger partial charge in [0.1, 0.15) is 59.4 Å². The predicted molar refractivity (Wildman–Crippen MR) is 193 cm³/mol. The average molecular weight is 719 g/mol. The van der Waals surface area contributed by atoms with Gasteiger partial charge in [-0.15, -0.1) is 23.1 Å². The predicted octanol–water partition coefficient (Wildman–Crippen LogP) is 4.58. The summed E-state index contributed by atoms with van der Waals surface area (Å²) >= 11 is 9.25. The van der Waals surface area contributed by atoms with Gasteiger partial charge in [0.25, 0.3) is 0 Å². The van der Waals surface area contributed by atoms with Crippen LogP contribution in [-0.4, -0.2) is 78.5 Å². The highest BCUT2D eigenvalue weighted by molar-refractivity contribution is 7.99. The maximum absolute atomic E-state index is 11.9. The number of esters is 1. The van der Waals surface area contributed by atoms with Crippen molar-refractivity contribution in [2.24, 2.45) is 5.73 Å². The molecule has 1 amide bonds. The quantitative estimate of drug-likeness (QED) is 0.0845. The Morgan fingerprint density at radius 1 is 1.16 bits per heavy atom. The molecular formula is C34H35ClN8O4S2. The highest BCUT2D eigenvalue weighted by Crippen LogP contribution is 2.39. The number of thiazole rings is 1. The molecule has 12 nitrogen and oxygen atoms in total. The highest BCUT2D eigenvalue weighted by Gasteiger charge is 2.33. The number of amides is 1. The first-order valence-corrected chi connectivity index (χ1v) is 17.8. The monoisotopic (exact) mass is 718 g/mol. The Labute approximate surface area is 297 Å². The van der Waals surface area contributed by atoms with Gasteiger partial charge < -0.3 is 41.6 Å². The molecule has 2 aromatic carbocycles. The molecule has 0 radical (unpaired) electrons. The number of halogens is 1. The van der Waals surface area contributed by atoms with Crippen LogP contribution in [0.2, 0.25) is 5.02 Å². The van der Waals surface area contributed by atoms with E-state index in [-0.39, 0.29) is 25.1 Å². The van der Waals surface area contributed by atoms with E-state index in [1.165, 1.54) is 6.21 Å². The van der Waals surface area contributed by atoms with Crippen LogP contribution in [0.25, 0.3) is 16.1 Å². The summed E-state index contributed by atoms with van der Waals surface area (Å²) < 4.78 is 10.8. The number of ether oxygens (including phenoxy) is 2. The maximum atomic E-state index is 11.9. The number of thioether (sulfide) groups is 1. The van der Waals surface area contributed by atoms with E-state index < -0.39 is 17.9 Å². The Balaban J connectivity index is 1.28. The Morgan fingerprint density at radius 2 is 1.88 bits per heavy atom. The fraction of sp³-hybridized carbons (Fsp3) is 0.294. The molecule has 1 unspecified atom stereocenters. The number of likely N-dealkylation sites (tertiary alicyclic amines) is 1. The second-order valence-corrected chi connectivity index (χ2v) is 13.4. The summed E-state index contributed by atoms with van der Waals surface area (Å²) in [6.07, 6.45) is 4.18. The SMILES string of the molecule is N#CC1=C(N2CCCC2)NC(SCc2csc(-c3ccc(Cl)cc3)n2)C(C=N)=C1c1ccc(OCCOC(=O)CNC(=O)[C@@H](N)C=N)cc1. The molecule has 1 aromatic heterocycles. The third-order valence-corrected chi connectivity index (χ3v) is 10.1. The van der Waals surface area contributed by atoms with E-state index in [4.69, 9.17) is 42.6 Å². The molecule has 5 rings (SSSR count). The number of benzene rings is 2. The van der Waals surface area contributed by atoms with E-state index >= 15 is 0 Å². The van der Waals surface area contributed by atoms with Gasteiger partial charge >= 0.3 is 5.97 Å². The number of aromatic nitrogens is 1. The molecule has 2 aliphatic rings. The Bertz CT molecular complexity index is 1780. The minimum absolute atomic E-state index is 0.0402. The summed E-state index contributed by atoms with van der Waals surface area (Å²) in [4.78, 5) is 30.5. The zero-order valence-electron chi connectivity index (χ0n) is 26.4. The summed E-state index contributed by atoms with van der Waals surface area (Å²) in [6.45, 7) is 1.36. The van der Waals surface area contributed by atoms with Crippen molar-refractivity contribution in [1.82, 2.24) is 20.5 Å². The van der Waals surface area contributed by atoms with E-state index in [0.29, 0.717) is 33.2 Å². The topological polar surface area (TPSA) is 190 Å². The number of hydrogen-bond donors (Lipinski definition) is 5. The lowest BCUT2D eigenvalue weighted by atomic mass is 9.91. The van der Waals surface area contributed by atoms with Crippen LogP contribution in [-0.2, 0) is 20.1 Å². The number of nitrogens with one attached hydrogen (secondary N) is 4. The smallest absolute Gasteiger partial charge is 0.325 e. The van der Waals surface area contributed by atoms with Gasteiger partial charge in [-0.1, -0.05) is 35.9 Å². The normalized spacial score (nSPS) is 16.4. The molecule has 1 saturated heterocycles. The average Bonchev–Trinajstić information content (AvgIpc) is 3.84. The Kier molecular flexibility index (Phi) is 12.4. The van der Waals surface area contributed by atoms with Crippen molar-refractivity contribution in [3.63, 3.8) is 0 Å². The van der Waals surface area contributed by atoms with Gasteiger partial charge in [0, 0.05) is 58.4 Å². The van der Waals surface area contributed by atoms with E-state index in [1.807, 2.05) is 41.8 Å². The minimum atomic E-state index is -1.12. The molecule has 0 saturated carbocycles. The lowest BCUT2D eigenvalue weighted by molar-refractivity contribution is -0.144. The van der Waals surface area contributed by atoms with Crippen LogP contribution in [0.1, 0.15) is 24.1 Å². The number of rotatable bonds is 15. The first-order chi connectivity index (χ1) is 23.8. The van der Waals surface area contributed by atoms with Crippen LogP contribution in [0.3, 0.4) is 0 Å². The van der Waals surface area contributed by atoms with E-state index in [1.54, 1.807) is 35.2 Å². The molecule has 3 heterocycles. The molecule has 6 N–H and O–H groups in total. The van der Waals surface area contributed by atoms with Gasteiger partial charge in [0.2, 0.25) is 5.91 Å². The second-order valence-electron chi connectivity index (χ2n) is 11.0. The molecule has 1 fully saturated rings. The van der Waals surface area contributed by atoms with Crippen molar-refractivity contribution >= 4 is 64.6 Å². The van der Waals surface area contributed by atoms with E-state index in [0.717, 1.165) is 59.8 Å². The third-order valence-electron chi connectivity index (χ3n) is 7.70. The molecule has 2 atom stereocenters. The van der Waals surface area contributed by atoms with Crippen molar-refractivity contribution in [3.8, 4) is 22.4 Å². The van der Waals surface area contributed by atoms with Crippen molar-refractivity contribution < 1.29 is 19.1 Å². The summed E-state index contributed by atoms with van der Waals surface area (Å²) in [5.41, 5.74) is 9.98. The first kappa shape index (κ1) is 35.6. The van der Waals surface area contributed by atoms with Crippen LogP contribution >= 0.6 is 34.7 Å². The largest absolute Gasteiger partial charge is 0.490 e. The number of carbonyl (C=O) groups is 2. The number of nitriles is 1. The van der Waals surface area contributed by atoms with Gasteiger partial charge in [-0.05, 0) is 42.7 Å². The van der Waals surface area contributed by atoms with E-state index in [9.17, 15) is 14.9 Å². The number of hydrogen-bond acceptors (Lipinski definition) is 13. The van der Waals surface area contributed by atoms with Gasteiger partial charge in [0.15, 0.2) is 0 Å². The standard InChI is InChI=1S/C34H35ClN8O4S2/c35-23-7-3-22(4-8-23)33-41-24(19-48-33)20-49-34-27(16-37)30(26(15-36)31(42-34)43-11-1-2-12-43)21-5-9-25(10-6-21)46-13-14-47-29(44)18-40-32(45)28(39)17-38/h3-10,16-17,19,28,34,37-38,42H,1-2,11-14,18,20,39H2,(H,40,45)/t28-,34?/m0/s1. The molecular weight excluding hydrogens is 684 g/mol. The summed E-state index contributed by atoms with van der Waals surface area (Å²) in [7, 11) is 0. The molecule has 3 aromatic rings. The lowest BCUT2D eigenvalue weighted by Gasteiger charge is -2.34. The number of nitrogens with two attached hydrogens (primary N) is 1. The van der Waals surface area contributed by atoms with Gasteiger partial charge in [-0.2, -0.15) is 5.26 Å². The summed E-state index contributed by atoms with van der Waals surface area (Å²) in [5, 5.41) is 35.1. The van der Waals surface area contributed by atoms with Gasteiger partial charge in [0.05, 0.1) is 5.69 Å². The van der Waals surface area contributed by atoms with Crippen molar-refractivity contribution in [2.75, 3.05) is 32.8 Å². The number of nitrogens with zero attached hydrogens (tertiary/aromatic N) is 3. The second kappa shape index (κ2) is 17.1. The lowest BCUT2D eigenvalue weighted by Crippen LogP contribution is -2.43. The number of allylic oxidation sites excluding steroid dienone is 2. The maximum Gasteiger partial charge on any atom is 0.325 e. The molecule has 2 aliphatic heterocycles. The molecule has 0 aliphatic carbocycles. The van der Waals surface area contributed by atoms with Gasteiger partial charge in [-0.25, -0.2) is 4.98 Å². The molecule has 254 valence electrons. The molecule has 0 spiro atoms. The summed E-state index contributed by atoms with van der Waals surface area (Å²) in [5.74, 6) is 0.604. The molecule has 15 heteroatoms. The Morgan fingerprint density at radius 3 is 2.55 bits per heavy atom. The fourth-order valence-corrected chi connectivity index (χ4v) is 7.36. The van der Waals surface area contributed by atoms with Crippen molar-refractivity contribution in [1.29, 1.82) is 16.1 Å². The first-order valence-electron chi connectivity index (χ1n) is 15.5. The van der Waals surface area contributed by atoms with Crippen LogP contribution in [0.5, 0.6) is 5.75 Å². The van der Waals surface area contributed by atoms with E-state index in [2.05, 4.69) is 21.6 Å². The Hall–Kier alpha value is -4.68. The van der Waals surface area contributed by atoms with Crippen molar-refractivity contribution in [2.45, 2.75) is 30.0 Å². The molecule has 49 heavy (non-hydrogen) atoms. The van der Waals surface area contributed by atoms with Crippen LogP contribution in [0, 0.1) is 22.1 Å². The zero-order chi connectivity index (χ0) is 34.8. The number of carbonyl (C=O) groups excluding carboxylic acids is 2. The van der Waals surface area contributed by atoms with Crippen molar-refractivity contribution in [3.05, 3.63) is 87.2 Å².